The highest BCUT2D eigenvalue weighted by Crippen LogP contribution is 2.23. The second kappa shape index (κ2) is 7.19. The van der Waals surface area contributed by atoms with Gasteiger partial charge in [-0.15, -0.1) is 0 Å². The van der Waals surface area contributed by atoms with Crippen LogP contribution < -0.4 is 10.2 Å². The molecule has 1 aromatic heterocycles. The van der Waals surface area contributed by atoms with Crippen molar-refractivity contribution < 1.29 is 0 Å². The van der Waals surface area contributed by atoms with Gasteiger partial charge in [0.15, 0.2) is 0 Å². The number of aromatic nitrogens is 2. The Bertz CT molecular complexity index is 376. The fourth-order valence-electron chi connectivity index (χ4n) is 2.02. The predicted octanol–water partition coefficient (Wildman–Crippen LogP) is 3.15. The molecule has 0 aliphatic heterocycles. The third-order valence-electron chi connectivity index (χ3n) is 3.04. The van der Waals surface area contributed by atoms with Gasteiger partial charge in [-0.05, 0) is 34.1 Å². The van der Waals surface area contributed by atoms with Gasteiger partial charge in [0.1, 0.15) is 17.5 Å². The Morgan fingerprint density at radius 3 is 2.39 bits per heavy atom. The SMILES string of the molecule is CCCCN(CC)c1nc(C)nc(NCC)c1C. The van der Waals surface area contributed by atoms with E-state index in [4.69, 9.17) is 0 Å². The molecule has 0 radical (unpaired) electrons. The topological polar surface area (TPSA) is 41.1 Å². The quantitative estimate of drug-likeness (QED) is 0.807. The zero-order valence-corrected chi connectivity index (χ0v) is 12.4. The van der Waals surface area contributed by atoms with Crippen LogP contribution in [0.2, 0.25) is 0 Å². The van der Waals surface area contributed by atoms with Crippen molar-refractivity contribution in [2.24, 2.45) is 0 Å². The van der Waals surface area contributed by atoms with Crippen LogP contribution in [-0.2, 0) is 0 Å². The molecule has 1 rings (SSSR count). The normalized spacial score (nSPS) is 10.5. The zero-order chi connectivity index (χ0) is 13.5. The summed E-state index contributed by atoms with van der Waals surface area (Å²) in [5.41, 5.74) is 1.15. The van der Waals surface area contributed by atoms with E-state index in [-0.39, 0.29) is 0 Å². The van der Waals surface area contributed by atoms with Crippen LogP contribution in [0.1, 0.15) is 45.0 Å². The molecule has 1 heterocycles. The zero-order valence-electron chi connectivity index (χ0n) is 12.4. The number of hydrogen-bond donors (Lipinski definition) is 1. The summed E-state index contributed by atoms with van der Waals surface area (Å²) in [5, 5.41) is 3.31. The predicted molar refractivity (Wildman–Crippen MR) is 78.5 cm³/mol. The Labute approximate surface area is 111 Å². The van der Waals surface area contributed by atoms with Crippen LogP contribution in [0.25, 0.3) is 0 Å². The summed E-state index contributed by atoms with van der Waals surface area (Å²) in [6, 6.07) is 0. The van der Waals surface area contributed by atoms with E-state index < -0.39 is 0 Å². The smallest absolute Gasteiger partial charge is 0.137 e. The van der Waals surface area contributed by atoms with E-state index in [0.717, 1.165) is 42.7 Å². The summed E-state index contributed by atoms with van der Waals surface area (Å²) < 4.78 is 0. The molecule has 0 unspecified atom stereocenters. The Balaban J connectivity index is 3.04. The second-order valence-electron chi connectivity index (χ2n) is 4.53. The first kappa shape index (κ1) is 14.7. The Morgan fingerprint density at radius 2 is 1.83 bits per heavy atom. The average molecular weight is 250 g/mol. The Morgan fingerprint density at radius 1 is 1.11 bits per heavy atom. The lowest BCUT2D eigenvalue weighted by atomic mass is 10.2. The van der Waals surface area contributed by atoms with E-state index in [0.29, 0.717) is 0 Å². The molecule has 0 saturated heterocycles. The van der Waals surface area contributed by atoms with Crippen molar-refractivity contribution >= 4 is 11.6 Å². The summed E-state index contributed by atoms with van der Waals surface area (Å²) in [6.45, 7) is 13.5. The van der Waals surface area contributed by atoms with Gasteiger partial charge in [0, 0.05) is 25.2 Å². The maximum absolute atomic E-state index is 4.61. The fraction of sp³-hybridized carbons (Fsp3) is 0.714. The third-order valence-corrected chi connectivity index (χ3v) is 3.04. The highest BCUT2D eigenvalue weighted by atomic mass is 15.2. The molecule has 0 saturated carbocycles. The number of aryl methyl sites for hydroxylation is 1. The average Bonchev–Trinajstić information content (AvgIpc) is 2.35. The molecule has 102 valence electrons. The van der Waals surface area contributed by atoms with Crippen molar-refractivity contribution in [3.63, 3.8) is 0 Å². The number of anilines is 2. The molecule has 0 aliphatic rings. The molecule has 0 aliphatic carbocycles. The van der Waals surface area contributed by atoms with Gasteiger partial charge in [-0.25, -0.2) is 9.97 Å². The summed E-state index contributed by atoms with van der Waals surface area (Å²) in [4.78, 5) is 11.4. The summed E-state index contributed by atoms with van der Waals surface area (Å²) in [7, 11) is 0. The van der Waals surface area contributed by atoms with E-state index in [2.05, 4.69) is 47.9 Å². The molecule has 0 aromatic carbocycles. The van der Waals surface area contributed by atoms with Gasteiger partial charge in [-0.3, -0.25) is 0 Å². The molecule has 1 aromatic rings. The molecule has 0 fully saturated rings. The summed E-state index contributed by atoms with van der Waals surface area (Å²) >= 11 is 0. The van der Waals surface area contributed by atoms with Crippen molar-refractivity contribution in [3.05, 3.63) is 11.4 Å². The van der Waals surface area contributed by atoms with Crippen LogP contribution in [0.3, 0.4) is 0 Å². The van der Waals surface area contributed by atoms with Gasteiger partial charge < -0.3 is 10.2 Å². The van der Waals surface area contributed by atoms with Crippen LogP contribution in [0, 0.1) is 13.8 Å². The first-order chi connectivity index (χ1) is 8.63. The molecule has 0 atom stereocenters. The summed E-state index contributed by atoms with van der Waals surface area (Å²) in [5.74, 6) is 2.88. The minimum absolute atomic E-state index is 0.835. The Kier molecular flexibility index (Phi) is 5.89. The van der Waals surface area contributed by atoms with E-state index in [1.54, 1.807) is 0 Å². The lowest BCUT2D eigenvalue weighted by Gasteiger charge is -2.24. The first-order valence-electron chi connectivity index (χ1n) is 6.98. The molecular weight excluding hydrogens is 224 g/mol. The van der Waals surface area contributed by atoms with Crippen LogP contribution >= 0.6 is 0 Å². The maximum Gasteiger partial charge on any atom is 0.137 e. The lowest BCUT2D eigenvalue weighted by Crippen LogP contribution is -2.26. The van der Waals surface area contributed by atoms with Crippen molar-refractivity contribution in [1.82, 2.24) is 9.97 Å². The minimum atomic E-state index is 0.835. The fourth-order valence-corrected chi connectivity index (χ4v) is 2.02. The van der Waals surface area contributed by atoms with E-state index in [1.165, 1.54) is 12.8 Å². The molecule has 0 spiro atoms. The molecule has 18 heavy (non-hydrogen) atoms. The van der Waals surface area contributed by atoms with Crippen LogP contribution in [0.4, 0.5) is 11.6 Å². The maximum atomic E-state index is 4.61. The van der Waals surface area contributed by atoms with Gasteiger partial charge >= 0.3 is 0 Å². The third kappa shape index (κ3) is 3.59. The van der Waals surface area contributed by atoms with Gasteiger partial charge in [0.25, 0.3) is 0 Å². The Hall–Kier alpha value is -1.32. The van der Waals surface area contributed by atoms with Crippen molar-refractivity contribution in [2.45, 2.75) is 47.5 Å². The van der Waals surface area contributed by atoms with Gasteiger partial charge in [0.2, 0.25) is 0 Å². The number of nitrogens with one attached hydrogen (secondary N) is 1. The minimum Gasteiger partial charge on any atom is -0.370 e. The van der Waals surface area contributed by atoms with Crippen LogP contribution in [-0.4, -0.2) is 29.6 Å². The van der Waals surface area contributed by atoms with Crippen LogP contribution in [0.5, 0.6) is 0 Å². The number of rotatable bonds is 7. The van der Waals surface area contributed by atoms with Crippen molar-refractivity contribution in [1.29, 1.82) is 0 Å². The molecule has 4 nitrogen and oxygen atoms in total. The number of nitrogens with zero attached hydrogens (tertiary/aromatic N) is 3. The lowest BCUT2D eigenvalue weighted by molar-refractivity contribution is 0.718. The molecule has 0 amide bonds. The standard InChI is InChI=1S/C14H26N4/c1-6-9-10-18(8-3)14-11(4)13(15-7-2)16-12(5)17-14/h6-10H2,1-5H3,(H,15,16,17). The monoisotopic (exact) mass is 250 g/mol. The highest BCUT2D eigenvalue weighted by Gasteiger charge is 2.13. The van der Waals surface area contributed by atoms with Crippen molar-refractivity contribution in [2.75, 3.05) is 29.9 Å². The molecule has 4 heteroatoms. The van der Waals surface area contributed by atoms with Crippen molar-refractivity contribution in [3.8, 4) is 0 Å². The largest absolute Gasteiger partial charge is 0.370 e. The van der Waals surface area contributed by atoms with Gasteiger partial charge in [0.05, 0.1) is 0 Å². The van der Waals surface area contributed by atoms with E-state index in [1.807, 2.05) is 6.92 Å². The first-order valence-corrected chi connectivity index (χ1v) is 6.98. The molecule has 0 bridgehead atoms. The van der Waals surface area contributed by atoms with Crippen LogP contribution in [0.15, 0.2) is 0 Å². The second-order valence-corrected chi connectivity index (χ2v) is 4.53. The number of hydrogen-bond acceptors (Lipinski definition) is 4. The molecular formula is C14H26N4. The van der Waals surface area contributed by atoms with E-state index in [9.17, 15) is 0 Å². The van der Waals surface area contributed by atoms with E-state index >= 15 is 0 Å². The highest BCUT2D eigenvalue weighted by molar-refractivity contribution is 5.58. The van der Waals surface area contributed by atoms with Gasteiger partial charge in [-0.2, -0.15) is 0 Å². The number of unbranched alkanes of at least 4 members (excludes halogenated alkanes) is 1. The van der Waals surface area contributed by atoms with Gasteiger partial charge in [-0.1, -0.05) is 13.3 Å². The summed E-state index contributed by atoms with van der Waals surface area (Å²) in [6.07, 6.45) is 2.41. The molecule has 1 N–H and O–H groups in total.